The van der Waals surface area contributed by atoms with Gasteiger partial charge >= 0.3 is 0 Å². The fourth-order valence-electron chi connectivity index (χ4n) is 0.882. The van der Waals surface area contributed by atoms with Crippen LogP contribution in [0.25, 0.3) is 0 Å². The molecule has 2 N–H and O–H groups in total. The normalized spacial score (nSPS) is 8.50. The van der Waals surface area contributed by atoms with Crippen molar-refractivity contribution in [1.82, 2.24) is 0 Å². The van der Waals surface area contributed by atoms with Gasteiger partial charge in [0.1, 0.15) is 5.75 Å². The van der Waals surface area contributed by atoms with Crippen molar-refractivity contribution < 1.29 is 11.0 Å². The van der Waals surface area contributed by atoms with Gasteiger partial charge in [0, 0.05) is 6.99 Å². The lowest BCUT2D eigenvalue weighted by atomic mass is 10.2. The van der Waals surface area contributed by atoms with Crippen LogP contribution < -0.4 is 10.5 Å². The van der Waals surface area contributed by atoms with E-state index < -0.39 is 5.91 Å². The van der Waals surface area contributed by atoms with Crippen molar-refractivity contribution in [2.24, 2.45) is 5.73 Å². The number of benzene rings is 1. The van der Waals surface area contributed by atoms with E-state index in [2.05, 4.69) is 0 Å². The Labute approximate surface area is 86.4 Å². The summed E-state index contributed by atoms with van der Waals surface area (Å²) in [5.41, 5.74) is 5.56. The highest BCUT2D eigenvalue weighted by Gasteiger charge is 1.98. The summed E-state index contributed by atoms with van der Waals surface area (Å²) in [4.78, 5) is 10.7. The molecular weight excluding hydrogens is 178 g/mol. The average molecular weight is 197 g/mol. The molecule has 0 aliphatic heterocycles. The third-order valence-electron chi connectivity index (χ3n) is 1.45. The Morgan fingerprint density at radius 2 is 1.86 bits per heavy atom. The van der Waals surface area contributed by atoms with Crippen LogP contribution in [-0.4, -0.2) is 12.5 Å². The summed E-state index contributed by atoms with van der Waals surface area (Å²) in [6.45, 7) is 6.53. The number of rotatable bonds is 3. The van der Waals surface area contributed by atoms with Gasteiger partial charge in [-0.15, -0.1) is 0 Å². The highest BCUT2D eigenvalue weighted by atomic mass is 16.5. The quantitative estimate of drug-likeness (QED) is 0.809. The molecular formula is C11H19NO2. The zero-order valence-electron chi connectivity index (χ0n) is 8.91. The molecule has 0 fully saturated rings. The molecule has 0 bridgehead atoms. The van der Waals surface area contributed by atoms with Crippen LogP contribution in [0, 0.1) is 0 Å². The van der Waals surface area contributed by atoms with E-state index in [4.69, 9.17) is 10.5 Å². The van der Waals surface area contributed by atoms with Gasteiger partial charge in [0.15, 0.2) is 0 Å². The Balaban J connectivity index is 0. The van der Waals surface area contributed by atoms with Crippen LogP contribution in [0.4, 0.5) is 0 Å². The number of nitrogens with two attached hydrogens (primary N) is 1. The first kappa shape index (κ1) is 12.5. The van der Waals surface area contributed by atoms with Gasteiger partial charge in [-0.05, 0) is 31.2 Å². The van der Waals surface area contributed by atoms with Crippen molar-refractivity contribution in [3.8, 4) is 5.75 Å². The molecule has 0 atom stereocenters. The lowest BCUT2D eigenvalue weighted by molar-refractivity contribution is 0.100. The molecule has 0 saturated heterocycles. The first-order valence-corrected chi connectivity index (χ1v) is 4.76. The maximum Gasteiger partial charge on any atom is 0.248 e. The van der Waals surface area contributed by atoms with Crippen molar-refractivity contribution in [3.05, 3.63) is 29.8 Å². The molecule has 1 amide bonds. The summed E-state index contributed by atoms with van der Waals surface area (Å²) >= 11 is 0. The molecule has 3 nitrogen and oxygen atoms in total. The number of primary amides is 1. The van der Waals surface area contributed by atoms with Crippen LogP contribution in [0.1, 0.15) is 32.6 Å². The Kier molecular flexibility index (Phi) is 6.20. The van der Waals surface area contributed by atoms with E-state index in [1.807, 2.05) is 20.8 Å². The third-order valence-corrected chi connectivity index (χ3v) is 1.45. The van der Waals surface area contributed by atoms with Gasteiger partial charge in [-0.2, -0.15) is 0 Å². The third kappa shape index (κ3) is 3.94. The minimum absolute atomic E-state index is 0. The molecule has 0 saturated carbocycles. The second-order valence-electron chi connectivity index (χ2n) is 2.32. The molecule has 0 heterocycles. The first-order chi connectivity index (χ1) is 6.74. The largest absolute Gasteiger partial charge is 0.494 e. The smallest absolute Gasteiger partial charge is 0.248 e. The van der Waals surface area contributed by atoms with Crippen molar-refractivity contribution >= 4 is 5.91 Å². The number of hydrogen-bond acceptors (Lipinski definition) is 2. The van der Waals surface area contributed by atoms with Crippen LogP contribution in [0.5, 0.6) is 5.75 Å². The van der Waals surface area contributed by atoms with E-state index in [1.54, 1.807) is 24.3 Å². The average Bonchev–Trinajstić information content (AvgIpc) is 2.22. The van der Waals surface area contributed by atoms with E-state index in [9.17, 15) is 4.79 Å². The van der Waals surface area contributed by atoms with Gasteiger partial charge in [-0.3, -0.25) is 4.79 Å². The van der Waals surface area contributed by atoms with Crippen LogP contribution in [0.3, 0.4) is 0 Å². The van der Waals surface area contributed by atoms with E-state index in [1.165, 1.54) is 0 Å². The number of carbonyl (C=O) groups excluding carboxylic acids is 1. The SMILES string of the molecule is CC.CCOc1ccc(C(N)=O)cc1.[HH]. The highest BCUT2D eigenvalue weighted by molar-refractivity contribution is 5.92. The molecule has 14 heavy (non-hydrogen) atoms. The lowest BCUT2D eigenvalue weighted by Gasteiger charge is -2.02. The van der Waals surface area contributed by atoms with Crippen LogP contribution in [0.15, 0.2) is 24.3 Å². The molecule has 1 aromatic rings. The van der Waals surface area contributed by atoms with E-state index in [0.717, 1.165) is 5.75 Å². The fraction of sp³-hybridized carbons (Fsp3) is 0.364. The highest BCUT2D eigenvalue weighted by Crippen LogP contribution is 2.11. The maximum absolute atomic E-state index is 10.7. The Hall–Kier alpha value is -1.51. The molecule has 0 aliphatic carbocycles. The summed E-state index contributed by atoms with van der Waals surface area (Å²) in [7, 11) is 0. The minimum atomic E-state index is -0.418. The molecule has 3 heteroatoms. The molecule has 0 unspecified atom stereocenters. The fourth-order valence-corrected chi connectivity index (χ4v) is 0.882. The van der Waals surface area contributed by atoms with Gasteiger partial charge in [-0.1, -0.05) is 13.8 Å². The second kappa shape index (κ2) is 6.95. The van der Waals surface area contributed by atoms with Crippen LogP contribution >= 0.6 is 0 Å². The number of carbonyl (C=O) groups is 1. The zero-order chi connectivity index (χ0) is 11.0. The van der Waals surface area contributed by atoms with Crippen molar-refractivity contribution in [2.75, 3.05) is 6.61 Å². The summed E-state index contributed by atoms with van der Waals surface area (Å²) in [5, 5.41) is 0. The van der Waals surface area contributed by atoms with E-state index in [0.29, 0.717) is 12.2 Å². The molecule has 0 spiro atoms. The summed E-state index contributed by atoms with van der Waals surface area (Å²) in [6, 6.07) is 6.74. The lowest BCUT2D eigenvalue weighted by Crippen LogP contribution is -2.10. The molecule has 1 aromatic carbocycles. The standard InChI is InChI=1S/C9H11NO2.C2H6.H2/c1-2-12-8-5-3-7(4-6-8)9(10)11;1-2;/h3-6H,2H2,1H3,(H2,10,11);1-2H3;1H. The number of amides is 1. The van der Waals surface area contributed by atoms with Crippen molar-refractivity contribution in [1.29, 1.82) is 0 Å². The summed E-state index contributed by atoms with van der Waals surface area (Å²) in [6.07, 6.45) is 0. The van der Waals surface area contributed by atoms with Crippen molar-refractivity contribution in [2.45, 2.75) is 20.8 Å². The Morgan fingerprint density at radius 1 is 1.36 bits per heavy atom. The molecule has 0 aromatic heterocycles. The summed E-state index contributed by atoms with van der Waals surface area (Å²) < 4.78 is 5.19. The molecule has 1 rings (SSSR count). The number of hydrogen-bond donors (Lipinski definition) is 1. The van der Waals surface area contributed by atoms with Crippen molar-refractivity contribution in [3.63, 3.8) is 0 Å². The predicted molar refractivity (Wildman–Crippen MR) is 59.6 cm³/mol. The van der Waals surface area contributed by atoms with Gasteiger partial charge < -0.3 is 10.5 Å². The maximum atomic E-state index is 10.7. The summed E-state index contributed by atoms with van der Waals surface area (Å²) in [5.74, 6) is 0.334. The van der Waals surface area contributed by atoms with Gasteiger partial charge in [-0.25, -0.2) is 0 Å². The van der Waals surface area contributed by atoms with E-state index >= 15 is 0 Å². The molecule has 0 radical (unpaired) electrons. The van der Waals surface area contributed by atoms with Crippen LogP contribution in [0.2, 0.25) is 0 Å². The first-order valence-electron chi connectivity index (χ1n) is 4.76. The zero-order valence-corrected chi connectivity index (χ0v) is 8.91. The topological polar surface area (TPSA) is 52.3 Å². The van der Waals surface area contributed by atoms with Gasteiger partial charge in [0.05, 0.1) is 6.61 Å². The predicted octanol–water partition coefficient (Wildman–Crippen LogP) is 2.46. The molecule has 0 aliphatic rings. The monoisotopic (exact) mass is 197 g/mol. The second-order valence-corrected chi connectivity index (χ2v) is 2.32. The van der Waals surface area contributed by atoms with Crippen LogP contribution in [-0.2, 0) is 0 Å². The Morgan fingerprint density at radius 3 is 2.21 bits per heavy atom. The Bertz CT molecular complexity index is 272. The van der Waals surface area contributed by atoms with Gasteiger partial charge in [0.25, 0.3) is 0 Å². The van der Waals surface area contributed by atoms with Gasteiger partial charge in [0.2, 0.25) is 5.91 Å². The minimum Gasteiger partial charge on any atom is -0.494 e. The number of ether oxygens (including phenoxy) is 1. The van der Waals surface area contributed by atoms with E-state index in [-0.39, 0.29) is 1.43 Å². The molecule has 80 valence electrons.